The van der Waals surface area contributed by atoms with E-state index in [0.717, 1.165) is 0 Å². The molecule has 10 heavy (non-hydrogen) atoms. The molecule has 0 aromatic heterocycles. The van der Waals surface area contributed by atoms with Gasteiger partial charge in [0.1, 0.15) is 6.23 Å². The zero-order valence-corrected chi connectivity index (χ0v) is 6.36. The number of aliphatic hydroxyl groups is 1. The molecule has 1 aliphatic rings. The van der Waals surface area contributed by atoms with Gasteiger partial charge in [0.15, 0.2) is 0 Å². The van der Waals surface area contributed by atoms with Crippen LogP contribution in [0.3, 0.4) is 0 Å². The Morgan fingerprint density at radius 2 is 2.10 bits per heavy atom. The summed E-state index contributed by atoms with van der Waals surface area (Å²) in [6.45, 7) is 4.10. The van der Waals surface area contributed by atoms with Crippen LogP contribution in [0.25, 0.3) is 0 Å². The van der Waals surface area contributed by atoms with E-state index in [1.165, 1.54) is 0 Å². The van der Waals surface area contributed by atoms with Crippen molar-refractivity contribution in [3.8, 4) is 0 Å². The van der Waals surface area contributed by atoms with E-state index in [0.29, 0.717) is 6.04 Å². The number of hydrogen-bond acceptors (Lipinski definition) is 2. The van der Waals surface area contributed by atoms with E-state index < -0.39 is 6.23 Å². The molecule has 0 amide bonds. The highest BCUT2D eigenvalue weighted by Gasteiger charge is 2.12. The Morgan fingerprint density at radius 1 is 1.40 bits per heavy atom. The molecule has 1 N–H and O–H groups in total. The minimum absolute atomic E-state index is 0.358. The maximum Gasteiger partial charge on any atom is 0.146 e. The van der Waals surface area contributed by atoms with Gasteiger partial charge in [0, 0.05) is 12.2 Å². The summed E-state index contributed by atoms with van der Waals surface area (Å²) in [5, 5.41) is 9.33. The van der Waals surface area contributed by atoms with Crippen molar-refractivity contribution < 1.29 is 5.11 Å². The summed E-state index contributed by atoms with van der Waals surface area (Å²) in [6.07, 6.45) is 7.00. The van der Waals surface area contributed by atoms with E-state index in [-0.39, 0.29) is 0 Å². The third-order valence-electron chi connectivity index (χ3n) is 1.55. The van der Waals surface area contributed by atoms with Gasteiger partial charge in [-0.1, -0.05) is 6.08 Å². The summed E-state index contributed by atoms with van der Waals surface area (Å²) in [6, 6.07) is 0.358. The maximum absolute atomic E-state index is 9.33. The van der Waals surface area contributed by atoms with Crippen LogP contribution in [-0.2, 0) is 0 Å². The lowest BCUT2D eigenvalue weighted by atomic mass is 10.2. The third-order valence-corrected chi connectivity index (χ3v) is 1.55. The van der Waals surface area contributed by atoms with Crippen LogP contribution in [0.4, 0.5) is 0 Å². The molecule has 0 aliphatic carbocycles. The molecule has 0 radical (unpaired) electrons. The zero-order chi connectivity index (χ0) is 7.56. The minimum Gasteiger partial charge on any atom is -0.370 e. The van der Waals surface area contributed by atoms with Crippen LogP contribution in [-0.4, -0.2) is 22.3 Å². The van der Waals surface area contributed by atoms with E-state index in [9.17, 15) is 5.11 Å². The predicted molar refractivity (Wildman–Crippen MR) is 41.3 cm³/mol. The summed E-state index contributed by atoms with van der Waals surface area (Å²) >= 11 is 0. The molecule has 0 spiro atoms. The second-order valence-corrected chi connectivity index (χ2v) is 2.68. The monoisotopic (exact) mass is 139 g/mol. The predicted octanol–water partition coefficient (Wildman–Crippen LogP) is 1.10. The van der Waals surface area contributed by atoms with Crippen molar-refractivity contribution in [2.75, 3.05) is 0 Å². The number of hydrogen-bond donors (Lipinski definition) is 1. The normalized spacial score (nSPS) is 24.4. The van der Waals surface area contributed by atoms with E-state index in [1.807, 2.05) is 37.1 Å². The van der Waals surface area contributed by atoms with Crippen LogP contribution in [0.15, 0.2) is 24.4 Å². The molecule has 56 valence electrons. The lowest BCUT2D eigenvalue weighted by molar-refractivity contribution is 0.0568. The molecule has 0 aromatic rings. The molecule has 1 aliphatic heterocycles. The van der Waals surface area contributed by atoms with Crippen molar-refractivity contribution in [1.29, 1.82) is 0 Å². The minimum atomic E-state index is -0.440. The Bertz CT molecular complexity index is 161. The van der Waals surface area contributed by atoms with E-state index in [1.54, 1.807) is 6.08 Å². The Labute approximate surface area is 61.5 Å². The fourth-order valence-corrected chi connectivity index (χ4v) is 0.978. The maximum atomic E-state index is 9.33. The third kappa shape index (κ3) is 1.39. The van der Waals surface area contributed by atoms with E-state index >= 15 is 0 Å². The highest BCUT2D eigenvalue weighted by Crippen LogP contribution is 2.09. The summed E-state index contributed by atoms with van der Waals surface area (Å²) < 4.78 is 0. The molecule has 0 saturated heterocycles. The van der Waals surface area contributed by atoms with Gasteiger partial charge in [0.05, 0.1) is 0 Å². The Balaban J connectivity index is 2.61. The first-order valence-electron chi connectivity index (χ1n) is 3.52. The van der Waals surface area contributed by atoms with Gasteiger partial charge in [-0.15, -0.1) is 0 Å². The van der Waals surface area contributed by atoms with Crippen molar-refractivity contribution in [2.45, 2.75) is 26.1 Å². The van der Waals surface area contributed by atoms with Gasteiger partial charge in [-0.05, 0) is 26.0 Å². The van der Waals surface area contributed by atoms with Crippen LogP contribution in [0.5, 0.6) is 0 Å². The van der Waals surface area contributed by atoms with Gasteiger partial charge in [-0.3, -0.25) is 0 Å². The quantitative estimate of drug-likeness (QED) is 0.588. The fourth-order valence-electron chi connectivity index (χ4n) is 0.978. The molecule has 0 aromatic carbocycles. The molecule has 2 heteroatoms. The number of aliphatic hydroxyl groups excluding tert-OH is 1. The van der Waals surface area contributed by atoms with Gasteiger partial charge in [0.25, 0.3) is 0 Å². The molecular weight excluding hydrogens is 126 g/mol. The average molecular weight is 139 g/mol. The molecule has 1 rings (SSSR count). The second-order valence-electron chi connectivity index (χ2n) is 2.68. The molecule has 0 saturated carbocycles. The Morgan fingerprint density at radius 3 is 2.50 bits per heavy atom. The zero-order valence-electron chi connectivity index (χ0n) is 6.36. The van der Waals surface area contributed by atoms with Crippen molar-refractivity contribution in [1.82, 2.24) is 4.90 Å². The molecule has 2 nitrogen and oxygen atoms in total. The highest BCUT2D eigenvalue weighted by atomic mass is 16.3. The first-order valence-corrected chi connectivity index (χ1v) is 3.52. The van der Waals surface area contributed by atoms with Crippen LogP contribution < -0.4 is 0 Å². The van der Waals surface area contributed by atoms with Crippen LogP contribution in [0.2, 0.25) is 0 Å². The van der Waals surface area contributed by atoms with Crippen molar-refractivity contribution >= 4 is 0 Å². The first-order chi connectivity index (χ1) is 4.72. The average Bonchev–Trinajstić information content (AvgIpc) is 1.88. The topological polar surface area (TPSA) is 23.5 Å². The van der Waals surface area contributed by atoms with Crippen molar-refractivity contribution in [3.05, 3.63) is 24.4 Å². The van der Waals surface area contributed by atoms with Gasteiger partial charge in [-0.2, -0.15) is 0 Å². The van der Waals surface area contributed by atoms with Crippen molar-refractivity contribution in [3.63, 3.8) is 0 Å². The van der Waals surface area contributed by atoms with Crippen molar-refractivity contribution in [2.24, 2.45) is 0 Å². The second kappa shape index (κ2) is 2.88. The highest BCUT2D eigenvalue weighted by molar-refractivity contribution is 5.10. The largest absolute Gasteiger partial charge is 0.370 e. The van der Waals surface area contributed by atoms with Crippen LogP contribution in [0, 0.1) is 0 Å². The number of nitrogens with zero attached hydrogens (tertiary/aromatic N) is 1. The number of allylic oxidation sites excluding steroid dienone is 2. The van der Waals surface area contributed by atoms with Gasteiger partial charge < -0.3 is 10.0 Å². The summed E-state index contributed by atoms with van der Waals surface area (Å²) in [5.41, 5.74) is 0. The lowest BCUT2D eigenvalue weighted by Crippen LogP contribution is -2.35. The molecule has 1 unspecified atom stereocenters. The number of rotatable bonds is 1. The summed E-state index contributed by atoms with van der Waals surface area (Å²) in [5.74, 6) is 0. The summed E-state index contributed by atoms with van der Waals surface area (Å²) in [4.78, 5) is 1.89. The molecule has 0 bridgehead atoms. The molecule has 1 atom stereocenters. The standard InChI is InChI=1S/C8H13NO/c1-7(2)9-6-4-3-5-8(9)10/h3-8,10H,1-2H3. The van der Waals surface area contributed by atoms with Crippen LogP contribution in [0.1, 0.15) is 13.8 Å². The smallest absolute Gasteiger partial charge is 0.146 e. The lowest BCUT2D eigenvalue weighted by Gasteiger charge is -2.29. The molecule has 1 heterocycles. The summed E-state index contributed by atoms with van der Waals surface area (Å²) in [7, 11) is 0. The van der Waals surface area contributed by atoms with Gasteiger partial charge in [0.2, 0.25) is 0 Å². The Kier molecular flexibility index (Phi) is 2.12. The molecule has 0 fully saturated rings. The SMILES string of the molecule is CC(C)N1C=CC=CC1O. The fraction of sp³-hybridized carbons (Fsp3) is 0.500. The van der Waals surface area contributed by atoms with Gasteiger partial charge >= 0.3 is 0 Å². The van der Waals surface area contributed by atoms with E-state index in [2.05, 4.69) is 0 Å². The first kappa shape index (κ1) is 7.35. The molecular formula is C8H13NO. The van der Waals surface area contributed by atoms with E-state index in [4.69, 9.17) is 0 Å². The van der Waals surface area contributed by atoms with Crippen LogP contribution >= 0.6 is 0 Å². The van der Waals surface area contributed by atoms with Gasteiger partial charge in [-0.25, -0.2) is 0 Å². The Hall–Kier alpha value is -0.760.